The van der Waals surface area contributed by atoms with Gasteiger partial charge in [0.25, 0.3) is 0 Å². The van der Waals surface area contributed by atoms with E-state index in [9.17, 15) is 19.1 Å². The number of rotatable bonds is 2. The van der Waals surface area contributed by atoms with Crippen molar-refractivity contribution in [2.45, 2.75) is 11.7 Å². The fourth-order valence-electron chi connectivity index (χ4n) is 3.65. The van der Waals surface area contributed by atoms with E-state index >= 15 is 0 Å². The van der Waals surface area contributed by atoms with Crippen molar-refractivity contribution in [1.82, 2.24) is 0 Å². The first-order chi connectivity index (χ1) is 10.0. The number of benzene rings is 1. The lowest BCUT2D eigenvalue weighted by atomic mass is 9.77. The maximum Gasteiger partial charge on any atom is 0.310 e. The molecule has 1 aromatic rings. The molecule has 108 valence electrons. The lowest BCUT2D eigenvalue weighted by Crippen LogP contribution is -2.39. The second kappa shape index (κ2) is 3.92. The third-order valence-corrected chi connectivity index (χ3v) is 4.53. The van der Waals surface area contributed by atoms with Gasteiger partial charge in [-0.15, -0.1) is 0 Å². The highest BCUT2D eigenvalue weighted by molar-refractivity contribution is 6.02. The molecule has 2 bridgehead atoms. The lowest BCUT2D eigenvalue weighted by Gasteiger charge is -2.21. The number of carboxylic acid groups (broad SMARTS) is 1. The number of aliphatic carboxylic acids is 1. The minimum atomic E-state index is -1.06. The first-order valence-electron chi connectivity index (χ1n) is 6.69. The van der Waals surface area contributed by atoms with Gasteiger partial charge in [0.15, 0.2) is 0 Å². The Hall–Kier alpha value is -2.21. The highest BCUT2D eigenvalue weighted by Crippen LogP contribution is 2.52. The fourth-order valence-corrected chi connectivity index (χ4v) is 3.65. The Morgan fingerprint density at radius 1 is 1.43 bits per heavy atom. The normalized spacial score (nSPS) is 36.3. The monoisotopic (exact) mass is 289 g/mol. The van der Waals surface area contributed by atoms with Crippen molar-refractivity contribution in [2.75, 3.05) is 11.4 Å². The van der Waals surface area contributed by atoms with E-state index in [1.165, 1.54) is 17.0 Å². The third kappa shape index (κ3) is 1.48. The Balaban J connectivity index is 1.78. The summed E-state index contributed by atoms with van der Waals surface area (Å²) in [4.78, 5) is 25.3. The van der Waals surface area contributed by atoms with Crippen LogP contribution >= 0.6 is 0 Å². The molecule has 6 heteroatoms. The molecule has 0 aromatic heterocycles. The van der Waals surface area contributed by atoms with Crippen molar-refractivity contribution in [3.8, 4) is 0 Å². The molecule has 1 aromatic carbocycles. The van der Waals surface area contributed by atoms with Crippen LogP contribution in [0.25, 0.3) is 0 Å². The van der Waals surface area contributed by atoms with Gasteiger partial charge in [0, 0.05) is 0 Å². The van der Waals surface area contributed by atoms with Crippen LogP contribution in [0.4, 0.5) is 10.1 Å². The smallest absolute Gasteiger partial charge is 0.310 e. The van der Waals surface area contributed by atoms with Crippen LogP contribution in [0.3, 0.4) is 0 Å². The zero-order chi connectivity index (χ0) is 14.8. The lowest BCUT2D eigenvalue weighted by molar-refractivity contribution is -0.146. The Labute approximate surface area is 119 Å². The SMILES string of the molecule is O=C(O)[C@H]1[C@H]2C=C[C@]3(CN(c4ccccc4F)C(=O)[C@@H]13)O2. The van der Waals surface area contributed by atoms with Gasteiger partial charge in [0.1, 0.15) is 17.3 Å². The quantitative estimate of drug-likeness (QED) is 0.831. The summed E-state index contributed by atoms with van der Waals surface area (Å²) in [6.07, 6.45) is 2.87. The summed E-state index contributed by atoms with van der Waals surface area (Å²) in [5.41, 5.74) is -0.775. The van der Waals surface area contributed by atoms with E-state index < -0.39 is 35.3 Å². The Morgan fingerprint density at radius 2 is 2.19 bits per heavy atom. The van der Waals surface area contributed by atoms with E-state index in [-0.39, 0.29) is 18.1 Å². The number of carboxylic acids is 1. The van der Waals surface area contributed by atoms with Crippen LogP contribution in [-0.2, 0) is 14.3 Å². The maximum atomic E-state index is 13.9. The summed E-state index contributed by atoms with van der Waals surface area (Å²) < 4.78 is 19.7. The Kier molecular flexibility index (Phi) is 2.34. The molecule has 5 nitrogen and oxygen atoms in total. The van der Waals surface area contributed by atoms with E-state index in [1.807, 2.05) is 0 Å². The van der Waals surface area contributed by atoms with Crippen LogP contribution in [0, 0.1) is 17.7 Å². The number of nitrogens with zero attached hydrogens (tertiary/aromatic N) is 1. The zero-order valence-electron chi connectivity index (χ0n) is 10.9. The molecule has 3 heterocycles. The van der Waals surface area contributed by atoms with Crippen molar-refractivity contribution < 1.29 is 23.8 Å². The molecule has 0 aliphatic carbocycles. The van der Waals surface area contributed by atoms with Gasteiger partial charge in [-0.3, -0.25) is 9.59 Å². The van der Waals surface area contributed by atoms with Gasteiger partial charge in [-0.25, -0.2) is 4.39 Å². The molecule has 2 saturated heterocycles. The first-order valence-corrected chi connectivity index (χ1v) is 6.69. The van der Waals surface area contributed by atoms with Crippen LogP contribution in [0.1, 0.15) is 0 Å². The molecule has 1 spiro atoms. The highest BCUT2D eigenvalue weighted by Gasteiger charge is 2.67. The molecule has 21 heavy (non-hydrogen) atoms. The molecule has 0 saturated carbocycles. The van der Waals surface area contributed by atoms with E-state index in [0.717, 1.165) is 0 Å². The van der Waals surface area contributed by atoms with Crippen LogP contribution in [0.2, 0.25) is 0 Å². The number of fused-ring (bicyclic) bond motifs is 1. The second-order valence-corrected chi connectivity index (χ2v) is 5.61. The summed E-state index contributed by atoms with van der Waals surface area (Å²) >= 11 is 0. The highest BCUT2D eigenvalue weighted by atomic mass is 19.1. The molecule has 4 atom stereocenters. The molecule has 3 aliphatic heterocycles. The van der Waals surface area contributed by atoms with Gasteiger partial charge in [-0.2, -0.15) is 0 Å². The van der Waals surface area contributed by atoms with Crippen LogP contribution in [-0.4, -0.2) is 35.2 Å². The largest absolute Gasteiger partial charge is 0.481 e. The van der Waals surface area contributed by atoms with E-state index in [2.05, 4.69) is 0 Å². The Bertz CT molecular complexity index is 688. The van der Waals surface area contributed by atoms with E-state index in [1.54, 1.807) is 24.3 Å². The number of hydrogen-bond donors (Lipinski definition) is 1. The third-order valence-electron chi connectivity index (χ3n) is 4.53. The zero-order valence-corrected chi connectivity index (χ0v) is 10.9. The average molecular weight is 289 g/mol. The van der Waals surface area contributed by atoms with Crippen LogP contribution in [0.5, 0.6) is 0 Å². The average Bonchev–Trinajstić information content (AvgIpc) is 3.08. The van der Waals surface area contributed by atoms with Crippen molar-refractivity contribution >= 4 is 17.6 Å². The number of ether oxygens (including phenoxy) is 1. The van der Waals surface area contributed by atoms with Gasteiger partial charge < -0.3 is 14.7 Å². The molecule has 1 amide bonds. The molecule has 4 rings (SSSR count). The van der Waals surface area contributed by atoms with Crippen molar-refractivity contribution in [3.05, 3.63) is 42.2 Å². The summed E-state index contributed by atoms with van der Waals surface area (Å²) in [7, 11) is 0. The molecule has 1 N–H and O–H groups in total. The molecular formula is C15H12FNO4. The Morgan fingerprint density at radius 3 is 2.90 bits per heavy atom. The number of amides is 1. The van der Waals surface area contributed by atoms with Crippen molar-refractivity contribution in [1.29, 1.82) is 0 Å². The maximum absolute atomic E-state index is 13.9. The standard InChI is InChI=1S/C15H12FNO4/c16-8-3-1-2-4-9(8)17-7-15-6-5-10(21-15)11(14(19)20)12(15)13(17)18/h1-6,10-12H,7H2,(H,19,20)/t10-,11+,12-,15-/m1/s1. The predicted molar refractivity (Wildman–Crippen MR) is 70.1 cm³/mol. The number of carbonyl (C=O) groups excluding carboxylic acids is 1. The minimum Gasteiger partial charge on any atom is -0.481 e. The number of hydrogen-bond acceptors (Lipinski definition) is 3. The van der Waals surface area contributed by atoms with Crippen LogP contribution in [0.15, 0.2) is 36.4 Å². The number of carbonyl (C=O) groups is 2. The van der Waals surface area contributed by atoms with Crippen LogP contribution < -0.4 is 4.90 Å². The first kappa shape index (κ1) is 12.5. The molecule has 0 unspecified atom stereocenters. The summed E-state index contributed by atoms with van der Waals surface area (Å²) in [5, 5.41) is 9.35. The second-order valence-electron chi connectivity index (χ2n) is 5.61. The van der Waals surface area contributed by atoms with Gasteiger partial charge >= 0.3 is 5.97 Å². The van der Waals surface area contributed by atoms with Gasteiger partial charge in [0.2, 0.25) is 5.91 Å². The van der Waals surface area contributed by atoms with E-state index in [0.29, 0.717) is 0 Å². The molecular weight excluding hydrogens is 277 g/mol. The van der Waals surface area contributed by atoms with Crippen molar-refractivity contribution in [2.24, 2.45) is 11.8 Å². The number of para-hydroxylation sites is 1. The van der Waals surface area contributed by atoms with Crippen molar-refractivity contribution in [3.63, 3.8) is 0 Å². The predicted octanol–water partition coefficient (Wildman–Crippen LogP) is 1.20. The number of halogens is 1. The summed E-state index contributed by atoms with van der Waals surface area (Å²) in [5.74, 6) is -3.64. The summed E-state index contributed by atoms with van der Waals surface area (Å²) in [6.45, 7) is 0.147. The van der Waals surface area contributed by atoms with Gasteiger partial charge in [0.05, 0.1) is 24.3 Å². The fraction of sp³-hybridized carbons (Fsp3) is 0.333. The molecule has 3 aliphatic rings. The van der Waals surface area contributed by atoms with Gasteiger partial charge in [-0.1, -0.05) is 24.3 Å². The minimum absolute atomic E-state index is 0.147. The molecule has 2 fully saturated rings. The summed E-state index contributed by atoms with van der Waals surface area (Å²) in [6, 6.07) is 5.97. The topological polar surface area (TPSA) is 66.8 Å². The van der Waals surface area contributed by atoms with E-state index in [4.69, 9.17) is 4.74 Å². The van der Waals surface area contributed by atoms with Gasteiger partial charge in [-0.05, 0) is 12.1 Å². The molecule has 0 radical (unpaired) electrons. The number of anilines is 1.